The number of anilines is 1. The van der Waals surface area contributed by atoms with Gasteiger partial charge in [0.25, 0.3) is 5.91 Å². The van der Waals surface area contributed by atoms with E-state index in [1.165, 1.54) is 23.1 Å². The van der Waals surface area contributed by atoms with E-state index in [-0.39, 0.29) is 69.3 Å². The Kier molecular flexibility index (Phi) is 8.45. The molecule has 1 N–H and O–H groups in total. The number of nitrogens with one attached hydrogen (secondary N) is 1. The van der Waals surface area contributed by atoms with Gasteiger partial charge in [-0.2, -0.15) is 5.26 Å². The van der Waals surface area contributed by atoms with E-state index in [0.717, 1.165) is 0 Å². The van der Waals surface area contributed by atoms with Crippen molar-refractivity contribution in [1.82, 2.24) is 10.2 Å². The first-order valence-electron chi connectivity index (χ1n) is 14.6. The number of hydrogen-bond donors (Lipinski definition) is 1. The second kappa shape index (κ2) is 12.6. The van der Waals surface area contributed by atoms with Crippen LogP contribution in [0.4, 0.5) is 14.5 Å². The first-order valence-corrected chi connectivity index (χ1v) is 15.9. The number of ketones is 1. The third-order valence-corrected chi connectivity index (χ3v) is 9.97. The van der Waals surface area contributed by atoms with E-state index in [2.05, 4.69) is 5.32 Å². The first-order chi connectivity index (χ1) is 21.7. The van der Waals surface area contributed by atoms with Crippen LogP contribution in [0.2, 0.25) is 6.04 Å². The molecule has 6 rings (SSSR count). The molecule has 9 nitrogen and oxygen atoms in total. The number of nitriles is 1. The van der Waals surface area contributed by atoms with Gasteiger partial charge in [0.05, 0.1) is 39.0 Å². The van der Waals surface area contributed by atoms with Crippen molar-refractivity contribution in [3.05, 3.63) is 94.0 Å². The van der Waals surface area contributed by atoms with Crippen molar-refractivity contribution in [3.8, 4) is 11.8 Å². The first kappa shape index (κ1) is 30.1. The van der Waals surface area contributed by atoms with Crippen molar-refractivity contribution in [3.63, 3.8) is 0 Å². The van der Waals surface area contributed by atoms with Gasteiger partial charge in [0.2, 0.25) is 11.8 Å². The fourth-order valence-electron chi connectivity index (χ4n) is 6.03. The molecule has 12 heteroatoms. The molecule has 0 aromatic heterocycles. The summed E-state index contributed by atoms with van der Waals surface area (Å²) < 4.78 is 35.6. The Morgan fingerprint density at radius 3 is 2.58 bits per heavy atom. The molecule has 3 heterocycles. The molecule has 2 radical (unpaired) electrons. The van der Waals surface area contributed by atoms with Gasteiger partial charge in [0.15, 0.2) is 5.78 Å². The van der Waals surface area contributed by atoms with E-state index >= 15 is 4.39 Å². The second-order valence-corrected chi connectivity index (χ2v) is 12.7. The number of fused-ring (bicyclic) bond motifs is 1. The molecule has 0 bridgehead atoms. The summed E-state index contributed by atoms with van der Waals surface area (Å²) in [5.41, 5.74) is 1.37. The lowest BCUT2D eigenvalue weighted by Crippen LogP contribution is -2.49. The zero-order valence-corrected chi connectivity index (χ0v) is 25.1. The summed E-state index contributed by atoms with van der Waals surface area (Å²) in [5.74, 6) is -2.34. The Labute approximate surface area is 260 Å². The van der Waals surface area contributed by atoms with Crippen LogP contribution in [0.25, 0.3) is 0 Å². The van der Waals surface area contributed by atoms with Crippen molar-refractivity contribution >= 4 is 38.7 Å². The molecule has 228 valence electrons. The van der Waals surface area contributed by atoms with E-state index in [0.29, 0.717) is 54.5 Å². The van der Waals surface area contributed by atoms with Crippen LogP contribution >= 0.6 is 0 Å². The molecular formula is C33H28F2N4O5Si. The standard InChI is InChI=1S/C33H28F2N4O5Si/c34-25-15-21(30(41)20-8-11-38(12-9-20)27-7-4-19(16-36)14-26(27)35)5-6-22(25)18-44-28-3-1-2-23-24(28)17-39(32(23)43)33-31(42)37-29(40)10-13-45-33/h1-7,14-15,20,33H,8-13,17-18H2,(H,37,40,42)/t33-/m0/s1. The molecule has 1 atom stereocenters. The Bertz CT molecular complexity index is 1750. The molecule has 2 saturated heterocycles. The number of benzene rings is 3. The minimum atomic E-state index is -0.740. The zero-order valence-electron chi connectivity index (χ0n) is 24.1. The van der Waals surface area contributed by atoms with Gasteiger partial charge in [-0.05, 0) is 55.3 Å². The molecule has 45 heavy (non-hydrogen) atoms. The average Bonchev–Trinajstić information content (AvgIpc) is 3.28. The summed E-state index contributed by atoms with van der Waals surface area (Å²) >= 11 is 0. The predicted octanol–water partition coefficient (Wildman–Crippen LogP) is 3.97. The van der Waals surface area contributed by atoms with Crippen molar-refractivity contribution in [1.29, 1.82) is 5.26 Å². The minimum Gasteiger partial charge on any atom is -0.488 e. The summed E-state index contributed by atoms with van der Waals surface area (Å²) in [7, 11) is 0.0890. The fourth-order valence-corrected chi connectivity index (χ4v) is 7.36. The fraction of sp³-hybridized carbons (Fsp3) is 0.303. The largest absolute Gasteiger partial charge is 0.488 e. The molecule has 3 aliphatic rings. The maximum absolute atomic E-state index is 15.2. The van der Waals surface area contributed by atoms with Crippen LogP contribution in [0.1, 0.15) is 56.7 Å². The number of carbonyl (C=O) groups excluding carboxylic acids is 4. The molecule has 3 aromatic rings. The average molecular weight is 627 g/mol. The summed E-state index contributed by atoms with van der Waals surface area (Å²) in [5, 5.41) is 11.3. The molecule has 3 aliphatic heterocycles. The molecule has 3 amide bonds. The molecule has 0 aliphatic carbocycles. The predicted molar refractivity (Wildman–Crippen MR) is 160 cm³/mol. The molecule has 0 spiro atoms. The van der Waals surface area contributed by atoms with Gasteiger partial charge in [-0.15, -0.1) is 0 Å². The minimum absolute atomic E-state index is 0.0890. The maximum Gasteiger partial charge on any atom is 0.255 e. The summed E-state index contributed by atoms with van der Waals surface area (Å²) in [6.45, 7) is 0.910. The Balaban J connectivity index is 1.08. The normalized spacial score (nSPS) is 18.7. The number of halogens is 2. The number of ether oxygens (including phenoxy) is 1. The van der Waals surface area contributed by atoms with E-state index < -0.39 is 23.2 Å². The van der Waals surface area contributed by atoms with Crippen LogP contribution in [0.5, 0.6) is 5.75 Å². The lowest BCUT2D eigenvalue weighted by molar-refractivity contribution is -0.131. The third kappa shape index (κ3) is 6.08. The van der Waals surface area contributed by atoms with Crippen molar-refractivity contribution in [2.75, 3.05) is 18.0 Å². The van der Waals surface area contributed by atoms with Gasteiger partial charge in [-0.1, -0.05) is 18.2 Å². The molecule has 2 fully saturated rings. The van der Waals surface area contributed by atoms with Crippen LogP contribution in [0.3, 0.4) is 0 Å². The number of hydrogen-bond acceptors (Lipinski definition) is 7. The van der Waals surface area contributed by atoms with Crippen molar-refractivity contribution < 1.29 is 32.7 Å². The monoisotopic (exact) mass is 626 g/mol. The molecule has 0 unspecified atom stereocenters. The quantitative estimate of drug-likeness (QED) is 0.240. The van der Waals surface area contributed by atoms with Crippen LogP contribution < -0.4 is 15.0 Å². The zero-order chi connectivity index (χ0) is 31.7. The number of piperidine rings is 1. The summed E-state index contributed by atoms with van der Waals surface area (Å²) in [6, 6.07) is 16.1. The smallest absolute Gasteiger partial charge is 0.255 e. The van der Waals surface area contributed by atoms with Crippen LogP contribution in [-0.2, 0) is 22.7 Å². The van der Waals surface area contributed by atoms with E-state index in [1.807, 2.05) is 11.0 Å². The summed E-state index contributed by atoms with van der Waals surface area (Å²) in [4.78, 5) is 54.0. The lowest BCUT2D eigenvalue weighted by atomic mass is 9.88. The Hall–Kier alpha value is -4.89. The highest BCUT2D eigenvalue weighted by molar-refractivity contribution is 6.46. The summed E-state index contributed by atoms with van der Waals surface area (Å²) in [6.07, 6.45) is 1.21. The molecule has 3 aromatic carbocycles. The van der Waals surface area contributed by atoms with Gasteiger partial charge in [0.1, 0.15) is 24.0 Å². The highest BCUT2D eigenvalue weighted by atomic mass is 28.2. The van der Waals surface area contributed by atoms with E-state index in [4.69, 9.17) is 10.00 Å². The number of amides is 3. The van der Waals surface area contributed by atoms with Crippen LogP contribution in [-0.4, -0.2) is 56.7 Å². The van der Waals surface area contributed by atoms with Crippen molar-refractivity contribution in [2.45, 2.75) is 44.1 Å². The number of nitrogens with zero attached hydrogens (tertiary/aromatic N) is 3. The van der Waals surface area contributed by atoms with Crippen LogP contribution in [0.15, 0.2) is 54.6 Å². The number of Topliss-reactive ketones (excluding diaryl/α,β-unsaturated/α-hetero) is 1. The number of imide groups is 1. The number of carbonyl (C=O) groups is 4. The van der Waals surface area contributed by atoms with Gasteiger partial charge < -0.3 is 14.5 Å². The maximum atomic E-state index is 15.2. The van der Waals surface area contributed by atoms with Gasteiger partial charge in [0, 0.05) is 47.7 Å². The van der Waals surface area contributed by atoms with Gasteiger partial charge in [-0.25, -0.2) is 8.78 Å². The molecule has 0 saturated carbocycles. The molecular weight excluding hydrogens is 598 g/mol. The van der Waals surface area contributed by atoms with Gasteiger partial charge >= 0.3 is 0 Å². The SMILES string of the molecule is N#Cc1ccc(N2CCC(C(=O)c3ccc(COc4cccc5c4CN([C@H]4[Si]CCC(=O)NC4=O)C5=O)c(F)c3)CC2)c(F)c1. The second-order valence-electron chi connectivity index (χ2n) is 11.2. The van der Waals surface area contributed by atoms with Gasteiger partial charge in [-0.3, -0.25) is 24.5 Å². The van der Waals surface area contributed by atoms with Crippen molar-refractivity contribution in [2.24, 2.45) is 5.92 Å². The van der Waals surface area contributed by atoms with E-state index in [1.54, 1.807) is 36.4 Å². The van der Waals surface area contributed by atoms with Crippen LogP contribution in [0, 0.1) is 28.9 Å². The highest BCUT2D eigenvalue weighted by Crippen LogP contribution is 2.34. The Morgan fingerprint density at radius 1 is 1.04 bits per heavy atom. The third-order valence-electron chi connectivity index (χ3n) is 8.47. The topological polar surface area (TPSA) is 120 Å². The lowest BCUT2D eigenvalue weighted by Gasteiger charge is -2.33. The number of rotatable bonds is 7. The Morgan fingerprint density at radius 2 is 1.84 bits per heavy atom. The highest BCUT2D eigenvalue weighted by Gasteiger charge is 2.39. The van der Waals surface area contributed by atoms with E-state index in [9.17, 15) is 23.6 Å².